The first-order valence-electron chi connectivity index (χ1n) is 7.74. The van der Waals surface area contributed by atoms with E-state index in [1.54, 1.807) is 0 Å². The molecule has 3 nitrogen and oxygen atoms in total. The summed E-state index contributed by atoms with van der Waals surface area (Å²) in [5.41, 5.74) is 4.42. The minimum absolute atomic E-state index is 0.0488. The molecule has 4 rings (SSSR count). The van der Waals surface area contributed by atoms with E-state index in [1.165, 1.54) is 5.56 Å². The highest BCUT2D eigenvalue weighted by molar-refractivity contribution is 5.68. The monoisotopic (exact) mass is 290 g/mol. The Bertz CT molecular complexity index is 744. The van der Waals surface area contributed by atoms with Gasteiger partial charge in [-0.1, -0.05) is 60.7 Å². The lowest BCUT2D eigenvalue weighted by Gasteiger charge is -2.13. The Morgan fingerprint density at radius 3 is 2.23 bits per heavy atom. The van der Waals surface area contributed by atoms with Crippen molar-refractivity contribution in [2.75, 3.05) is 6.61 Å². The van der Waals surface area contributed by atoms with Gasteiger partial charge in [0.2, 0.25) is 0 Å². The van der Waals surface area contributed by atoms with Crippen molar-refractivity contribution in [3.05, 3.63) is 66.7 Å². The second-order valence-electron chi connectivity index (χ2n) is 5.56. The fourth-order valence-corrected chi connectivity index (χ4v) is 2.94. The van der Waals surface area contributed by atoms with Gasteiger partial charge in [0.25, 0.3) is 0 Å². The average molecular weight is 290 g/mol. The minimum Gasteiger partial charge on any atom is -0.356 e. The summed E-state index contributed by atoms with van der Waals surface area (Å²) in [6, 6.07) is 22.9. The average Bonchev–Trinajstić information content (AvgIpc) is 3.26. The molecule has 1 fully saturated rings. The zero-order valence-corrected chi connectivity index (χ0v) is 12.4. The fourth-order valence-electron chi connectivity index (χ4n) is 2.94. The Morgan fingerprint density at radius 1 is 0.909 bits per heavy atom. The second-order valence-corrected chi connectivity index (χ2v) is 5.56. The van der Waals surface area contributed by atoms with Gasteiger partial charge < -0.3 is 4.74 Å². The summed E-state index contributed by atoms with van der Waals surface area (Å²) in [4.78, 5) is 0. The van der Waals surface area contributed by atoms with Crippen molar-refractivity contribution in [1.29, 1.82) is 0 Å². The van der Waals surface area contributed by atoms with Gasteiger partial charge in [-0.3, -0.25) is 0 Å². The molecular formula is C19H18N2O. The molecule has 0 aliphatic carbocycles. The number of hydrogen-bond acceptors (Lipinski definition) is 2. The zero-order chi connectivity index (χ0) is 14.8. The molecule has 1 aliphatic rings. The fraction of sp³-hybridized carbons (Fsp3) is 0.211. The summed E-state index contributed by atoms with van der Waals surface area (Å²) in [5.74, 6) is 0. The van der Waals surface area contributed by atoms with E-state index < -0.39 is 0 Å². The van der Waals surface area contributed by atoms with Crippen LogP contribution >= 0.6 is 0 Å². The second kappa shape index (κ2) is 5.78. The maximum Gasteiger partial charge on any atom is 0.150 e. The standard InChI is InChI=1S/C19H18N2O/c1-3-8-15(9-4-1)17-14-18(16-10-5-2-6-11-16)21(20-17)19-12-7-13-22-19/h1-6,8-11,14,19H,7,12-13H2. The number of ether oxygens (including phenoxy) is 1. The van der Waals surface area contributed by atoms with Crippen LogP contribution in [0.5, 0.6) is 0 Å². The number of rotatable bonds is 3. The van der Waals surface area contributed by atoms with Crippen molar-refractivity contribution in [1.82, 2.24) is 9.78 Å². The molecule has 0 saturated carbocycles. The molecule has 1 aliphatic heterocycles. The summed E-state index contributed by atoms with van der Waals surface area (Å²) in [6.45, 7) is 0.819. The van der Waals surface area contributed by atoms with Crippen LogP contribution in [0.4, 0.5) is 0 Å². The van der Waals surface area contributed by atoms with Crippen LogP contribution in [0.25, 0.3) is 22.5 Å². The third-order valence-electron chi connectivity index (χ3n) is 4.05. The van der Waals surface area contributed by atoms with Crippen LogP contribution in [-0.4, -0.2) is 16.4 Å². The van der Waals surface area contributed by atoms with Crippen LogP contribution < -0.4 is 0 Å². The van der Waals surface area contributed by atoms with Crippen molar-refractivity contribution >= 4 is 0 Å². The van der Waals surface area contributed by atoms with Crippen molar-refractivity contribution in [2.45, 2.75) is 19.1 Å². The summed E-state index contributed by atoms with van der Waals surface area (Å²) in [6.07, 6.45) is 2.17. The van der Waals surface area contributed by atoms with Gasteiger partial charge in [-0.15, -0.1) is 0 Å². The largest absolute Gasteiger partial charge is 0.356 e. The van der Waals surface area contributed by atoms with E-state index in [2.05, 4.69) is 42.5 Å². The summed E-state index contributed by atoms with van der Waals surface area (Å²) in [5, 5.41) is 4.83. The van der Waals surface area contributed by atoms with Crippen LogP contribution in [-0.2, 0) is 4.74 Å². The van der Waals surface area contributed by atoms with E-state index in [0.717, 1.165) is 36.4 Å². The van der Waals surface area contributed by atoms with Crippen LogP contribution in [0.2, 0.25) is 0 Å². The molecule has 1 saturated heterocycles. The molecule has 0 N–H and O–H groups in total. The zero-order valence-electron chi connectivity index (χ0n) is 12.4. The van der Waals surface area contributed by atoms with Crippen LogP contribution in [0.15, 0.2) is 66.7 Å². The lowest BCUT2D eigenvalue weighted by atomic mass is 10.1. The highest BCUT2D eigenvalue weighted by atomic mass is 16.5. The number of nitrogens with zero attached hydrogens (tertiary/aromatic N) is 2. The molecule has 2 heterocycles. The van der Waals surface area contributed by atoms with E-state index in [1.807, 2.05) is 28.9 Å². The molecule has 3 heteroatoms. The highest BCUT2D eigenvalue weighted by Gasteiger charge is 2.22. The minimum atomic E-state index is 0.0488. The van der Waals surface area contributed by atoms with Gasteiger partial charge in [0.15, 0.2) is 6.23 Å². The van der Waals surface area contributed by atoms with Crippen LogP contribution in [0.3, 0.4) is 0 Å². The van der Waals surface area contributed by atoms with Crippen molar-refractivity contribution in [3.8, 4) is 22.5 Å². The van der Waals surface area contributed by atoms with Gasteiger partial charge in [0, 0.05) is 12.2 Å². The summed E-state index contributed by atoms with van der Waals surface area (Å²) >= 11 is 0. The molecule has 0 radical (unpaired) electrons. The van der Waals surface area contributed by atoms with Crippen LogP contribution in [0, 0.1) is 0 Å². The predicted octanol–water partition coefficient (Wildman–Crippen LogP) is 4.53. The number of hydrogen-bond donors (Lipinski definition) is 0. The molecule has 1 aromatic heterocycles. The molecule has 0 amide bonds. The normalized spacial score (nSPS) is 17.7. The quantitative estimate of drug-likeness (QED) is 0.709. The third-order valence-corrected chi connectivity index (χ3v) is 4.05. The smallest absolute Gasteiger partial charge is 0.150 e. The van der Waals surface area contributed by atoms with E-state index in [4.69, 9.17) is 9.84 Å². The molecule has 0 spiro atoms. The molecule has 1 atom stereocenters. The molecule has 2 aromatic carbocycles. The Kier molecular flexibility index (Phi) is 3.49. The molecular weight excluding hydrogens is 272 g/mol. The Labute approximate surface area is 130 Å². The van der Waals surface area contributed by atoms with Gasteiger partial charge in [-0.25, -0.2) is 4.68 Å². The SMILES string of the molecule is c1ccc(-c2cc(-c3ccccc3)n(C3CCCO3)n2)cc1. The van der Waals surface area contributed by atoms with Crippen molar-refractivity contribution in [3.63, 3.8) is 0 Å². The first-order valence-corrected chi connectivity index (χ1v) is 7.74. The Morgan fingerprint density at radius 2 is 1.59 bits per heavy atom. The first-order chi connectivity index (χ1) is 10.9. The van der Waals surface area contributed by atoms with Crippen LogP contribution in [0.1, 0.15) is 19.1 Å². The van der Waals surface area contributed by atoms with Gasteiger partial charge in [-0.05, 0) is 24.5 Å². The maximum absolute atomic E-state index is 5.85. The van der Waals surface area contributed by atoms with E-state index >= 15 is 0 Å². The molecule has 1 unspecified atom stereocenters. The number of aromatic nitrogens is 2. The maximum atomic E-state index is 5.85. The van der Waals surface area contributed by atoms with E-state index in [-0.39, 0.29) is 6.23 Å². The van der Waals surface area contributed by atoms with Crippen molar-refractivity contribution in [2.24, 2.45) is 0 Å². The number of benzene rings is 2. The molecule has 3 aromatic rings. The lowest BCUT2D eigenvalue weighted by molar-refractivity contribution is 0.0483. The van der Waals surface area contributed by atoms with Gasteiger partial charge >= 0.3 is 0 Å². The predicted molar refractivity (Wildman–Crippen MR) is 87.3 cm³/mol. The lowest BCUT2D eigenvalue weighted by Crippen LogP contribution is -2.10. The van der Waals surface area contributed by atoms with E-state index in [9.17, 15) is 0 Å². The van der Waals surface area contributed by atoms with E-state index in [0.29, 0.717) is 0 Å². The summed E-state index contributed by atoms with van der Waals surface area (Å²) in [7, 11) is 0. The third kappa shape index (κ3) is 2.44. The van der Waals surface area contributed by atoms with Gasteiger partial charge in [0.1, 0.15) is 0 Å². The Hall–Kier alpha value is -2.39. The first kappa shape index (κ1) is 13.3. The summed E-state index contributed by atoms with van der Waals surface area (Å²) < 4.78 is 7.90. The molecule has 22 heavy (non-hydrogen) atoms. The van der Waals surface area contributed by atoms with Crippen molar-refractivity contribution < 1.29 is 4.74 Å². The topological polar surface area (TPSA) is 27.1 Å². The highest BCUT2D eigenvalue weighted by Crippen LogP contribution is 2.32. The van der Waals surface area contributed by atoms with Gasteiger partial charge in [-0.2, -0.15) is 5.10 Å². The Balaban J connectivity index is 1.83. The molecule has 110 valence electrons. The molecule has 0 bridgehead atoms. The van der Waals surface area contributed by atoms with Gasteiger partial charge in [0.05, 0.1) is 11.4 Å².